The van der Waals surface area contributed by atoms with E-state index < -0.39 is 0 Å². The lowest BCUT2D eigenvalue weighted by molar-refractivity contribution is 0.473. The van der Waals surface area contributed by atoms with Crippen LogP contribution in [0.25, 0.3) is 0 Å². The summed E-state index contributed by atoms with van der Waals surface area (Å²) in [6.07, 6.45) is 6.72. The Morgan fingerprint density at radius 2 is 1.92 bits per heavy atom. The van der Waals surface area contributed by atoms with Crippen molar-refractivity contribution in [1.82, 2.24) is 4.72 Å². The van der Waals surface area contributed by atoms with Crippen LogP contribution >= 0.6 is 11.9 Å². The Kier molecular flexibility index (Phi) is 10.6. The van der Waals surface area contributed by atoms with Crippen molar-refractivity contribution in [1.29, 1.82) is 0 Å². The van der Waals surface area contributed by atoms with Crippen molar-refractivity contribution >= 4 is 11.9 Å². The minimum atomic E-state index is 0.898. The third-order valence-corrected chi connectivity index (χ3v) is 3.22. The summed E-state index contributed by atoms with van der Waals surface area (Å²) in [4.78, 5) is 0. The summed E-state index contributed by atoms with van der Waals surface area (Å²) in [5.41, 5.74) is 0. The van der Waals surface area contributed by atoms with E-state index in [1.54, 1.807) is 0 Å². The Labute approximate surface area is 88.2 Å². The highest BCUT2D eigenvalue weighted by Gasteiger charge is 2.00. The monoisotopic (exact) mass is 203 g/mol. The zero-order valence-corrected chi connectivity index (χ0v) is 10.3. The number of hydrogen-bond acceptors (Lipinski definition) is 2. The lowest BCUT2D eigenvalue weighted by Crippen LogP contribution is -2.10. The highest BCUT2D eigenvalue weighted by molar-refractivity contribution is 7.97. The summed E-state index contributed by atoms with van der Waals surface area (Å²) in [7, 11) is 0. The van der Waals surface area contributed by atoms with E-state index >= 15 is 0 Å². The van der Waals surface area contributed by atoms with E-state index in [1.807, 2.05) is 11.9 Å². The second-order valence-electron chi connectivity index (χ2n) is 3.78. The third-order valence-electron chi connectivity index (χ3n) is 2.20. The van der Waals surface area contributed by atoms with E-state index in [9.17, 15) is 0 Å². The number of rotatable bonds is 9. The first kappa shape index (κ1) is 13.3. The average molecular weight is 203 g/mol. The molecule has 1 N–H and O–H groups in total. The van der Waals surface area contributed by atoms with Crippen LogP contribution in [0, 0.1) is 5.92 Å². The van der Waals surface area contributed by atoms with Crippen LogP contribution in [0.1, 0.15) is 52.9 Å². The molecular formula is C11H25NS. The predicted molar refractivity (Wildman–Crippen MR) is 64.1 cm³/mol. The molecule has 0 aromatic heterocycles. The van der Waals surface area contributed by atoms with Gasteiger partial charge >= 0.3 is 0 Å². The van der Waals surface area contributed by atoms with E-state index in [4.69, 9.17) is 0 Å². The largest absolute Gasteiger partial charge is 0.264 e. The van der Waals surface area contributed by atoms with Gasteiger partial charge in [0.25, 0.3) is 0 Å². The average Bonchev–Trinajstić information content (AvgIpc) is 2.14. The predicted octanol–water partition coefficient (Wildman–Crippen LogP) is 3.85. The minimum absolute atomic E-state index is 0.898. The summed E-state index contributed by atoms with van der Waals surface area (Å²) < 4.78 is 3.41. The number of nitrogens with one attached hydrogen (secondary N) is 1. The normalized spacial score (nSPS) is 13.2. The highest BCUT2D eigenvalue weighted by Crippen LogP contribution is 2.11. The molecule has 0 aromatic carbocycles. The smallest absolute Gasteiger partial charge is 0.00760 e. The van der Waals surface area contributed by atoms with Crippen LogP contribution in [0.15, 0.2) is 0 Å². The molecule has 13 heavy (non-hydrogen) atoms. The van der Waals surface area contributed by atoms with Gasteiger partial charge in [-0.1, -0.05) is 52.0 Å². The second-order valence-corrected chi connectivity index (χ2v) is 4.76. The van der Waals surface area contributed by atoms with E-state index in [0.717, 1.165) is 5.92 Å². The van der Waals surface area contributed by atoms with Crippen molar-refractivity contribution < 1.29 is 0 Å². The highest BCUT2D eigenvalue weighted by atomic mass is 32.2. The van der Waals surface area contributed by atoms with Crippen LogP contribution in [0.2, 0.25) is 0 Å². The van der Waals surface area contributed by atoms with Gasteiger partial charge in [0.1, 0.15) is 0 Å². The summed E-state index contributed by atoms with van der Waals surface area (Å²) in [6.45, 7) is 8.03. The molecule has 0 fully saturated rings. The summed E-state index contributed by atoms with van der Waals surface area (Å²) in [6, 6.07) is 0. The van der Waals surface area contributed by atoms with Crippen molar-refractivity contribution in [3.63, 3.8) is 0 Å². The van der Waals surface area contributed by atoms with Crippen LogP contribution in [-0.4, -0.2) is 12.3 Å². The summed E-state index contributed by atoms with van der Waals surface area (Å²) in [5, 5.41) is 0. The molecule has 0 aliphatic rings. The fourth-order valence-electron chi connectivity index (χ4n) is 1.25. The molecule has 0 radical (unpaired) electrons. The Balaban J connectivity index is 3.03. The number of hydrogen-bond donors (Lipinski definition) is 1. The van der Waals surface area contributed by atoms with Crippen molar-refractivity contribution in [2.45, 2.75) is 52.9 Å². The van der Waals surface area contributed by atoms with Gasteiger partial charge in [-0.05, 0) is 18.8 Å². The zero-order valence-electron chi connectivity index (χ0n) is 9.44. The van der Waals surface area contributed by atoms with Gasteiger partial charge in [0.15, 0.2) is 0 Å². The van der Waals surface area contributed by atoms with E-state index in [1.165, 1.54) is 44.4 Å². The molecule has 0 rings (SSSR count). The first-order valence-electron chi connectivity index (χ1n) is 5.65. The van der Waals surface area contributed by atoms with E-state index in [0.29, 0.717) is 0 Å². The van der Waals surface area contributed by atoms with Crippen LogP contribution < -0.4 is 4.72 Å². The molecule has 0 aliphatic heterocycles. The van der Waals surface area contributed by atoms with Gasteiger partial charge in [0.2, 0.25) is 0 Å². The van der Waals surface area contributed by atoms with Gasteiger partial charge in [-0.2, -0.15) is 0 Å². The van der Waals surface area contributed by atoms with Gasteiger partial charge in [-0.3, -0.25) is 4.72 Å². The summed E-state index contributed by atoms with van der Waals surface area (Å²) >= 11 is 1.87. The standard InChI is InChI=1S/C11H25NS/c1-4-6-7-11(3)8-9-12-13-10-5-2/h11-12H,4-10H2,1-3H3. The second kappa shape index (κ2) is 10.4. The third kappa shape index (κ3) is 10.2. The quantitative estimate of drug-likeness (QED) is 0.451. The number of unbranched alkanes of at least 4 members (excludes halogenated alkanes) is 1. The molecule has 1 unspecified atom stereocenters. The molecular weight excluding hydrogens is 178 g/mol. The SMILES string of the molecule is CCCCC(C)CCNSCCC. The van der Waals surface area contributed by atoms with Gasteiger partial charge in [0.05, 0.1) is 0 Å². The molecule has 0 heterocycles. The Hall–Kier alpha value is 0.310. The molecule has 0 spiro atoms. The maximum atomic E-state index is 3.41. The molecule has 0 amide bonds. The van der Waals surface area contributed by atoms with Gasteiger partial charge < -0.3 is 0 Å². The van der Waals surface area contributed by atoms with Crippen LogP contribution in [0.3, 0.4) is 0 Å². The van der Waals surface area contributed by atoms with Crippen molar-refractivity contribution in [3.05, 3.63) is 0 Å². The fourth-order valence-corrected chi connectivity index (χ4v) is 1.86. The van der Waals surface area contributed by atoms with Gasteiger partial charge in [0, 0.05) is 12.3 Å². The van der Waals surface area contributed by atoms with Crippen molar-refractivity contribution in [3.8, 4) is 0 Å². The Bertz CT molecular complexity index is 96.1. The van der Waals surface area contributed by atoms with Crippen molar-refractivity contribution in [2.24, 2.45) is 5.92 Å². The minimum Gasteiger partial charge on any atom is -0.264 e. The molecule has 1 nitrogen and oxygen atoms in total. The molecule has 80 valence electrons. The summed E-state index contributed by atoms with van der Waals surface area (Å²) in [5.74, 6) is 2.14. The Morgan fingerprint density at radius 1 is 1.15 bits per heavy atom. The lowest BCUT2D eigenvalue weighted by atomic mass is 10.0. The fraction of sp³-hybridized carbons (Fsp3) is 1.00. The van der Waals surface area contributed by atoms with Crippen LogP contribution in [0.4, 0.5) is 0 Å². The molecule has 0 aliphatic carbocycles. The van der Waals surface area contributed by atoms with Crippen LogP contribution in [-0.2, 0) is 0 Å². The molecule has 2 heteroatoms. The Morgan fingerprint density at radius 3 is 2.54 bits per heavy atom. The van der Waals surface area contributed by atoms with Crippen LogP contribution in [0.5, 0.6) is 0 Å². The molecule has 0 aromatic rings. The maximum absolute atomic E-state index is 3.41. The molecule has 0 bridgehead atoms. The molecule has 1 atom stereocenters. The van der Waals surface area contributed by atoms with Gasteiger partial charge in [-0.15, -0.1) is 0 Å². The first-order chi connectivity index (χ1) is 6.31. The van der Waals surface area contributed by atoms with E-state index in [2.05, 4.69) is 25.5 Å². The first-order valence-corrected chi connectivity index (χ1v) is 6.64. The van der Waals surface area contributed by atoms with E-state index in [-0.39, 0.29) is 0 Å². The topological polar surface area (TPSA) is 12.0 Å². The lowest BCUT2D eigenvalue weighted by Gasteiger charge is -2.10. The van der Waals surface area contributed by atoms with Crippen molar-refractivity contribution in [2.75, 3.05) is 12.3 Å². The van der Waals surface area contributed by atoms with Gasteiger partial charge in [-0.25, -0.2) is 0 Å². The molecule has 0 saturated heterocycles. The zero-order chi connectivity index (χ0) is 9.94. The molecule has 0 saturated carbocycles. The maximum Gasteiger partial charge on any atom is 0.00760 e.